The predicted molar refractivity (Wildman–Crippen MR) is 129 cm³/mol. The molecule has 1 amide bonds. The number of hydrogen-bond acceptors (Lipinski definition) is 5. The van der Waals surface area contributed by atoms with Crippen molar-refractivity contribution in [3.05, 3.63) is 82.3 Å². The average Bonchev–Trinajstić information content (AvgIpc) is 2.84. The third-order valence-corrected chi connectivity index (χ3v) is 5.83. The minimum atomic E-state index is -1.12. The number of halogens is 3. The smallest absolute Gasteiger partial charge is 0.341 e. The van der Waals surface area contributed by atoms with Gasteiger partial charge in [-0.15, -0.1) is 0 Å². The first kappa shape index (κ1) is 24.5. The lowest BCUT2D eigenvalue weighted by Crippen LogP contribution is -2.42. The molecule has 0 fully saturated rings. The Hall–Kier alpha value is -3.66. The highest BCUT2D eigenvalue weighted by Gasteiger charge is 2.27. The fourth-order valence-corrected chi connectivity index (χ4v) is 4.23. The van der Waals surface area contributed by atoms with Gasteiger partial charge in [0.05, 0.1) is 12.2 Å². The highest BCUT2D eigenvalue weighted by atomic mass is 79.9. The molecular weight excluding hydrogens is 526 g/mol. The summed E-state index contributed by atoms with van der Waals surface area (Å²) in [6.07, 6.45) is 0. The third-order valence-electron chi connectivity index (χ3n) is 5.37. The second-order valence-electron chi connectivity index (χ2n) is 7.66. The minimum absolute atomic E-state index is 0.0249. The van der Waals surface area contributed by atoms with E-state index < -0.39 is 35.8 Å². The van der Waals surface area contributed by atoms with E-state index in [9.17, 15) is 18.4 Å². The molecule has 1 aliphatic heterocycles. The Morgan fingerprint density at radius 2 is 1.80 bits per heavy atom. The van der Waals surface area contributed by atoms with Crippen molar-refractivity contribution in [3.8, 4) is 11.5 Å². The van der Waals surface area contributed by atoms with Crippen LogP contribution in [0.4, 0.5) is 20.2 Å². The number of aliphatic carboxylic acids is 1. The van der Waals surface area contributed by atoms with Gasteiger partial charge in [0.1, 0.15) is 12.3 Å². The van der Waals surface area contributed by atoms with E-state index in [0.29, 0.717) is 23.5 Å². The van der Waals surface area contributed by atoms with Gasteiger partial charge in [-0.2, -0.15) is 0 Å². The molecule has 0 saturated heterocycles. The molecule has 182 valence electrons. The van der Waals surface area contributed by atoms with Crippen LogP contribution in [-0.4, -0.2) is 49.8 Å². The van der Waals surface area contributed by atoms with E-state index in [-0.39, 0.29) is 29.9 Å². The number of nitrogens with zero attached hydrogens (tertiary/aromatic N) is 2. The molecule has 0 bridgehead atoms. The lowest BCUT2D eigenvalue weighted by atomic mass is 10.1. The highest BCUT2D eigenvalue weighted by Crippen LogP contribution is 2.40. The molecule has 4 rings (SSSR count). The summed E-state index contributed by atoms with van der Waals surface area (Å²) in [7, 11) is 0. The van der Waals surface area contributed by atoms with E-state index in [0.717, 1.165) is 17.0 Å². The molecule has 0 aliphatic carbocycles. The van der Waals surface area contributed by atoms with Gasteiger partial charge in [0, 0.05) is 23.1 Å². The van der Waals surface area contributed by atoms with Crippen LogP contribution in [0, 0.1) is 11.6 Å². The monoisotopic (exact) mass is 546 g/mol. The fourth-order valence-electron chi connectivity index (χ4n) is 3.83. The van der Waals surface area contributed by atoms with Crippen molar-refractivity contribution >= 4 is 39.2 Å². The van der Waals surface area contributed by atoms with Crippen LogP contribution in [-0.2, 0) is 4.79 Å². The number of para-hydroxylation sites is 1. The molecular formula is C25H21BrF2N2O5. The maximum absolute atomic E-state index is 14.9. The lowest BCUT2D eigenvalue weighted by molar-refractivity contribution is -0.139. The Morgan fingerprint density at radius 3 is 2.49 bits per heavy atom. The summed E-state index contributed by atoms with van der Waals surface area (Å²) in [4.78, 5) is 27.2. The normalized spacial score (nSPS) is 12.5. The zero-order valence-corrected chi connectivity index (χ0v) is 20.0. The number of benzene rings is 3. The second kappa shape index (κ2) is 10.7. The summed E-state index contributed by atoms with van der Waals surface area (Å²) in [6.45, 7) is 0.415. The maximum atomic E-state index is 14.9. The topological polar surface area (TPSA) is 79.3 Å². The average molecular weight is 547 g/mol. The van der Waals surface area contributed by atoms with Crippen molar-refractivity contribution in [1.82, 2.24) is 0 Å². The first-order chi connectivity index (χ1) is 16.8. The summed E-state index contributed by atoms with van der Waals surface area (Å²) < 4.78 is 41.0. The predicted octanol–water partition coefficient (Wildman–Crippen LogP) is 4.74. The molecule has 7 nitrogen and oxygen atoms in total. The third kappa shape index (κ3) is 5.54. The Kier molecular flexibility index (Phi) is 7.50. The van der Waals surface area contributed by atoms with Gasteiger partial charge >= 0.3 is 5.97 Å². The number of anilines is 2. The minimum Gasteiger partial charge on any atom is -0.486 e. The van der Waals surface area contributed by atoms with Crippen LogP contribution in [0.5, 0.6) is 11.5 Å². The van der Waals surface area contributed by atoms with Crippen LogP contribution < -0.4 is 19.3 Å². The van der Waals surface area contributed by atoms with Gasteiger partial charge in [0.15, 0.2) is 29.7 Å². The molecule has 0 atom stereocenters. The summed E-state index contributed by atoms with van der Waals surface area (Å²) in [5.74, 6) is -2.75. The number of carboxylic acid groups (broad SMARTS) is 1. The van der Waals surface area contributed by atoms with Gasteiger partial charge in [-0.25, -0.2) is 13.6 Å². The molecule has 0 spiro atoms. The van der Waals surface area contributed by atoms with Crippen LogP contribution in [0.2, 0.25) is 0 Å². The van der Waals surface area contributed by atoms with Gasteiger partial charge in [0.2, 0.25) is 0 Å². The zero-order valence-electron chi connectivity index (χ0n) is 18.4. The number of rotatable bonds is 8. The van der Waals surface area contributed by atoms with E-state index in [4.69, 9.17) is 14.6 Å². The first-order valence-electron chi connectivity index (χ1n) is 10.7. The highest BCUT2D eigenvalue weighted by molar-refractivity contribution is 9.10. The molecule has 1 aliphatic rings. The van der Waals surface area contributed by atoms with Crippen LogP contribution >= 0.6 is 15.9 Å². The Morgan fingerprint density at radius 1 is 1.09 bits per heavy atom. The quantitative estimate of drug-likeness (QED) is 0.439. The number of fused-ring (bicyclic) bond motifs is 1. The van der Waals surface area contributed by atoms with Gasteiger partial charge < -0.3 is 24.4 Å². The van der Waals surface area contributed by atoms with E-state index in [1.807, 2.05) is 4.90 Å². The SMILES string of the molecule is O=C(O)COc1cccc2c1OCCN2CCN(C(=O)c1ccccc1)c1c(F)cc(Br)cc1F. The number of carboxylic acids is 1. The Balaban J connectivity index is 1.63. The largest absolute Gasteiger partial charge is 0.486 e. The molecule has 0 unspecified atom stereocenters. The van der Waals surface area contributed by atoms with Gasteiger partial charge in [-0.05, 0) is 36.4 Å². The standard InChI is InChI=1S/C25H21BrF2N2O5/c26-17-13-18(27)23(19(28)14-17)30(25(33)16-5-2-1-3-6-16)10-9-29-11-12-34-24-20(29)7-4-8-21(24)35-15-22(31)32/h1-8,13-14H,9-12,15H2,(H,31,32). The van der Waals surface area contributed by atoms with Gasteiger partial charge in [-0.1, -0.05) is 40.2 Å². The van der Waals surface area contributed by atoms with E-state index in [2.05, 4.69) is 15.9 Å². The van der Waals surface area contributed by atoms with Crippen molar-refractivity contribution in [2.24, 2.45) is 0 Å². The number of carbonyl (C=O) groups excluding carboxylic acids is 1. The maximum Gasteiger partial charge on any atom is 0.341 e. The number of hydrogen-bond donors (Lipinski definition) is 1. The summed E-state index contributed by atoms with van der Waals surface area (Å²) in [5, 5.41) is 8.91. The number of carbonyl (C=O) groups is 2. The van der Waals surface area contributed by atoms with Crippen molar-refractivity contribution in [1.29, 1.82) is 0 Å². The number of ether oxygens (including phenoxy) is 2. The molecule has 1 N–H and O–H groups in total. The lowest BCUT2D eigenvalue weighted by Gasteiger charge is -2.34. The molecule has 10 heteroatoms. The van der Waals surface area contributed by atoms with Crippen molar-refractivity contribution in [2.75, 3.05) is 42.6 Å². The van der Waals surface area contributed by atoms with Crippen LogP contribution in [0.25, 0.3) is 0 Å². The molecule has 0 saturated carbocycles. The van der Waals surface area contributed by atoms with Gasteiger partial charge in [0.25, 0.3) is 5.91 Å². The Labute approximate surface area is 208 Å². The zero-order chi connectivity index (χ0) is 24.9. The van der Waals surface area contributed by atoms with Crippen LogP contribution in [0.3, 0.4) is 0 Å². The Bertz CT molecular complexity index is 1220. The molecule has 0 aromatic heterocycles. The first-order valence-corrected chi connectivity index (χ1v) is 11.5. The van der Waals surface area contributed by atoms with Crippen LogP contribution in [0.1, 0.15) is 10.4 Å². The molecule has 0 radical (unpaired) electrons. The molecule has 3 aromatic carbocycles. The second-order valence-corrected chi connectivity index (χ2v) is 8.58. The molecule has 1 heterocycles. The molecule has 35 heavy (non-hydrogen) atoms. The number of amides is 1. The van der Waals surface area contributed by atoms with E-state index >= 15 is 0 Å². The van der Waals surface area contributed by atoms with E-state index in [1.54, 1.807) is 48.5 Å². The van der Waals surface area contributed by atoms with Crippen LogP contribution in [0.15, 0.2) is 65.1 Å². The van der Waals surface area contributed by atoms with Crippen molar-refractivity contribution in [2.45, 2.75) is 0 Å². The molecule has 3 aromatic rings. The van der Waals surface area contributed by atoms with E-state index in [1.165, 1.54) is 0 Å². The fraction of sp³-hybridized carbons (Fsp3) is 0.200. The van der Waals surface area contributed by atoms with Crippen molar-refractivity contribution < 1.29 is 33.0 Å². The summed E-state index contributed by atoms with van der Waals surface area (Å²) in [5.41, 5.74) is 0.484. The summed E-state index contributed by atoms with van der Waals surface area (Å²) in [6, 6.07) is 15.6. The summed E-state index contributed by atoms with van der Waals surface area (Å²) >= 11 is 3.07. The van der Waals surface area contributed by atoms with Gasteiger partial charge in [-0.3, -0.25) is 4.79 Å². The van der Waals surface area contributed by atoms with Crippen molar-refractivity contribution in [3.63, 3.8) is 0 Å².